The van der Waals surface area contributed by atoms with Gasteiger partial charge in [0.25, 0.3) is 10.1 Å². The molecule has 8 nitrogen and oxygen atoms in total. The Labute approximate surface area is 266 Å². The van der Waals surface area contributed by atoms with Gasteiger partial charge in [-0.25, -0.2) is 0 Å². The van der Waals surface area contributed by atoms with E-state index < -0.39 is 24.5 Å². The number of hydrogen-bond acceptors (Lipinski definition) is 8. The van der Waals surface area contributed by atoms with Crippen LogP contribution in [0.1, 0.15) is 39.2 Å². The average Bonchev–Trinajstić information content (AvgIpc) is 2.97. The van der Waals surface area contributed by atoms with Crippen molar-refractivity contribution in [2.45, 2.75) is 87.8 Å². The fourth-order valence-corrected chi connectivity index (χ4v) is 7.44. The summed E-state index contributed by atoms with van der Waals surface area (Å²) < 4.78 is 44.7. The molecule has 0 radical (unpaired) electrons. The summed E-state index contributed by atoms with van der Waals surface area (Å²) >= 11 is 0. The highest BCUT2D eigenvalue weighted by atomic mass is 32.2. The molecule has 1 heterocycles. The molecule has 1 unspecified atom stereocenters. The molecule has 1 aliphatic heterocycles. The minimum absolute atomic E-state index is 0.00720. The monoisotopic (exact) mass is 641 g/mol. The molecule has 1 aromatic rings. The van der Waals surface area contributed by atoms with Crippen molar-refractivity contribution in [1.29, 1.82) is 0 Å². The quantitative estimate of drug-likeness (QED) is 0.226. The van der Waals surface area contributed by atoms with Gasteiger partial charge in [-0.1, -0.05) is 62.8 Å². The van der Waals surface area contributed by atoms with Crippen LogP contribution in [0.25, 0.3) is 0 Å². The van der Waals surface area contributed by atoms with E-state index >= 15 is 0 Å². The van der Waals surface area contributed by atoms with Crippen LogP contribution in [0, 0.1) is 6.92 Å². The number of likely N-dealkylation sites (N-methyl/N-ethyl adjacent to an activating group) is 2. The first-order valence-corrected chi connectivity index (χ1v) is 19.8. The minimum Gasteiger partial charge on any atom is -0.494 e. The van der Waals surface area contributed by atoms with Crippen molar-refractivity contribution in [2.24, 2.45) is 0 Å². The second-order valence-corrected chi connectivity index (χ2v) is 20.0. The summed E-state index contributed by atoms with van der Waals surface area (Å²) in [6, 6.07) is 7.02. The zero-order chi connectivity index (χ0) is 32.3. The second kappa shape index (κ2) is 13.9. The average molecular weight is 642 g/mol. The van der Waals surface area contributed by atoms with Crippen molar-refractivity contribution in [3.8, 4) is 0 Å². The number of fused-ring (bicyclic) bond motifs is 1. The lowest BCUT2D eigenvalue weighted by molar-refractivity contribution is 0.0411. The molecule has 0 aromatic heterocycles. The molecule has 0 saturated heterocycles. The lowest BCUT2D eigenvalue weighted by atomic mass is 9.88. The summed E-state index contributed by atoms with van der Waals surface area (Å²) in [5.74, 6) is 0.810. The Morgan fingerprint density at radius 2 is 1.75 bits per heavy atom. The van der Waals surface area contributed by atoms with Gasteiger partial charge >= 0.3 is 0 Å². The topological polar surface area (TPSA) is 89.1 Å². The van der Waals surface area contributed by atoms with Gasteiger partial charge in [-0.05, 0) is 80.4 Å². The molecule has 2 aliphatic carbocycles. The molecule has 2 N–H and O–H groups in total. The largest absolute Gasteiger partial charge is 0.494 e. The summed E-state index contributed by atoms with van der Waals surface area (Å²) in [6.07, 6.45) is 14.5. The lowest BCUT2D eigenvalue weighted by Gasteiger charge is -2.39. The standard InChI is InChI=1S/C34H51N3O5SSi/c1-24-10-15-29(16-11-24)43(38,39)41-23-28(42-44(8,9)34(2,3)4)22-40-33-21-26(13-18-32(33)35-5)30-17-12-25-20-27(37(6)7)14-19-31(25)36-30/h10-17,20-21,28,30-32,35-36H,18-19,22-23H2,1-9H3/t28?,30-,31-,32-/m0/s1. The number of ether oxygens (including phenoxy) is 1. The Morgan fingerprint density at radius 1 is 1.05 bits per heavy atom. The van der Waals surface area contributed by atoms with Gasteiger partial charge in [0.1, 0.15) is 18.5 Å². The van der Waals surface area contributed by atoms with Crippen molar-refractivity contribution in [3.63, 3.8) is 0 Å². The maximum absolute atomic E-state index is 13.0. The molecule has 0 fully saturated rings. The van der Waals surface area contributed by atoms with E-state index in [-0.39, 0.29) is 41.3 Å². The number of nitrogens with zero attached hydrogens (tertiary/aromatic N) is 1. The summed E-state index contributed by atoms with van der Waals surface area (Å²) in [5, 5.41) is 7.09. The number of aryl methyl sites for hydroxylation is 1. The van der Waals surface area contributed by atoms with Gasteiger partial charge in [0, 0.05) is 25.8 Å². The zero-order valence-corrected chi connectivity index (χ0v) is 29.6. The molecule has 10 heteroatoms. The van der Waals surface area contributed by atoms with Crippen LogP contribution in [-0.4, -0.2) is 80.2 Å². The van der Waals surface area contributed by atoms with E-state index in [0.717, 1.165) is 29.7 Å². The van der Waals surface area contributed by atoms with E-state index in [1.165, 1.54) is 11.3 Å². The van der Waals surface area contributed by atoms with Crippen molar-refractivity contribution < 1.29 is 21.8 Å². The Balaban J connectivity index is 1.49. The molecule has 4 atom stereocenters. The van der Waals surface area contributed by atoms with Gasteiger partial charge in [0.2, 0.25) is 0 Å². The Morgan fingerprint density at radius 3 is 2.39 bits per heavy atom. The van der Waals surface area contributed by atoms with Crippen LogP contribution in [0.2, 0.25) is 18.1 Å². The molecule has 0 amide bonds. The summed E-state index contributed by atoms with van der Waals surface area (Å²) in [4.78, 5) is 2.27. The van der Waals surface area contributed by atoms with E-state index in [1.807, 2.05) is 14.0 Å². The van der Waals surface area contributed by atoms with Crippen LogP contribution < -0.4 is 10.6 Å². The highest BCUT2D eigenvalue weighted by molar-refractivity contribution is 7.86. The van der Waals surface area contributed by atoms with E-state index in [4.69, 9.17) is 13.3 Å². The normalized spacial score (nSPS) is 23.2. The molecule has 242 valence electrons. The zero-order valence-electron chi connectivity index (χ0n) is 27.8. The number of hydrogen-bond donors (Lipinski definition) is 2. The van der Waals surface area contributed by atoms with Gasteiger partial charge < -0.3 is 19.4 Å². The molecule has 0 spiro atoms. The molecule has 0 bridgehead atoms. The third kappa shape index (κ3) is 8.41. The first-order valence-electron chi connectivity index (χ1n) is 15.5. The first-order chi connectivity index (χ1) is 20.6. The van der Waals surface area contributed by atoms with Crippen LogP contribution >= 0.6 is 0 Å². The third-order valence-corrected chi connectivity index (χ3v) is 14.9. The predicted octanol–water partition coefficient (Wildman–Crippen LogP) is 5.58. The van der Waals surface area contributed by atoms with Gasteiger partial charge in [-0.3, -0.25) is 9.50 Å². The first kappa shape index (κ1) is 34.4. The molecule has 4 rings (SSSR count). The van der Waals surface area contributed by atoms with E-state index in [9.17, 15) is 8.42 Å². The molecular weight excluding hydrogens is 591 g/mol. The number of rotatable bonds is 12. The maximum atomic E-state index is 13.0. The van der Waals surface area contributed by atoms with Crippen molar-refractivity contribution >= 4 is 18.4 Å². The van der Waals surface area contributed by atoms with Gasteiger partial charge in [0.15, 0.2) is 8.32 Å². The van der Waals surface area contributed by atoms with Crippen molar-refractivity contribution in [3.05, 3.63) is 88.9 Å². The van der Waals surface area contributed by atoms with Crippen LogP contribution in [0.5, 0.6) is 0 Å². The second-order valence-electron chi connectivity index (χ2n) is 13.7. The van der Waals surface area contributed by atoms with Crippen LogP contribution in [0.3, 0.4) is 0 Å². The molecule has 3 aliphatic rings. The number of nitrogens with one attached hydrogen (secondary N) is 2. The molecule has 44 heavy (non-hydrogen) atoms. The molecular formula is C34H51N3O5SSi. The fraction of sp³-hybridized carbons (Fsp3) is 0.529. The van der Waals surface area contributed by atoms with Gasteiger partial charge in [-0.15, -0.1) is 0 Å². The molecule has 1 aromatic carbocycles. The third-order valence-electron chi connectivity index (χ3n) is 9.03. The van der Waals surface area contributed by atoms with Crippen molar-refractivity contribution in [1.82, 2.24) is 15.5 Å². The van der Waals surface area contributed by atoms with Crippen LogP contribution in [0.15, 0.2) is 88.2 Å². The number of benzene rings is 1. The Hall–Kier alpha value is -2.47. The smallest absolute Gasteiger partial charge is 0.297 e. The summed E-state index contributed by atoms with van der Waals surface area (Å²) in [6.45, 7) is 12.7. The lowest BCUT2D eigenvalue weighted by Crippen LogP contribution is -2.47. The Kier molecular flexibility index (Phi) is 10.9. The fourth-order valence-electron chi connectivity index (χ4n) is 5.18. The van der Waals surface area contributed by atoms with Gasteiger partial charge in [0.05, 0.1) is 23.6 Å². The predicted molar refractivity (Wildman–Crippen MR) is 180 cm³/mol. The maximum Gasteiger partial charge on any atom is 0.297 e. The summed E-state index contributed by atoms with van der Waals surface area (Å²) in [7, 11) is -0.148. The Bertz CT molecular complexity index is 1440. The van der Waals surface area contributed by atoms with E-state index in [1.54, 1.807) is 24.3 Å². The SMILES string of the molecule is CN[C@H]1CC=C([C@@H]2C=CC3=CC(N(C)C)=CC[C@@H]3N2)C=C1OCC(COS(=O)(=O)c1ccc(C)cc1)O[Si](C)(C)C(C)(C)C. The number of allylic oxidation sites excluding steroid dienone is 1. The highest BCUT2D eigenvalue weighted by Crippen LogP contribution is 2.38. The van der Waals surface area contributed by atoms with E-state index in [2.05, 4.69) is 100.0 Å². The van der Waals surface area contributed by atoms with E-state index in [0.29, 0.717) is 0 Å². The van der Waals surface area contributed by atoms with Gasteiger partial charge in [-0.2, -0.15) is 8.42 Å². The molecule has 0 saturated carbocycles. The minimum atomic E-state index is -3.95. The van der Waals surface area contributed by atoms with Crippen molar-refractivity contribution in [2.75, 3.05) is 34.4 Å². The summed E-state index contributed by atoms with van der Waals surface area (Å²) in [5.41, 5.74) is 4.66. The van der Waals surface area contributed by atoms with Crippen LogP contribution in [0.4, 0.5) is 0 Å². The highest BCUT2D eigenvalue weighted by Gasteiger charge is 2.40. The van der Waals surface area contributed by atoms with Crippen LogP contribution in [-0.2, 0) is 23.5 Å².